The van der Waals surface area contributed by atoms with E-state index < -0.39 is 6.10 Å². The Bertz CT molecular complexity index is 876. The molecule has 1 aromatic heterocycles. The molecule has 0 saturated carbocycles. The number of likely N-dealkylation sites (tertiary alicyclic amines) is 2. The number of aliphatic hydroxyl groups excluding tert-OH is 1. The SMILES string of the molecule is CC(=O)N1CCC(C(=O)N2CC(O)C(Cc3ccc4ccccc4n3)C2)CC1. The third-order valence-corrected chi connectivity index (χ3v) is 6.14. The van der Waals surface area contributed by atoms with E-state index in [0.29, 0.717) is 45.4 Å². The summed E-state index contributed by atoms with van der Waals surface area (Å²) in [5, 5.41) is 11.6. The third-order valence-electron chi connectivity index (χ3n) is 6.14. The van der Waals surface area contributed by atoms with Gasteiger partial charge in [0.25, 0.3) is 0 Å². The molecule has 1 N–H and O–H groups in total. The highest BCUT2D eigenvalue weighted by Crippen LogP contribution is 2.26. The Hall–Kier alpha value is -2.47. The summed E-state index contributed by atoms with van der Waals surface area (Å²) >= 11 is 0. The van der Waals surface area contributed by atoms with Crippen molar-refractivity contribution in [2.24, 2.45) is 11.8 Å². The number of amides is 2. The Morgan fingerprint density at radius 2 is 1.82 bits per heavy atom. The number of nitrogens with zero attached hydrogens (tertiary/aromatic N) is 3. The molecule has 28 heavy (non-hydrogen) atoms. The van der Waals surface area contributed by atoms with Gasteiger partial charge in [-0.25, -0.2) is 0 Å². The maximum absolute atomic E-state index is 12.9. The smallest absolute Gasteiger partial charge is 0.225 e. The van der Waals surface area contributed by atoms with E-state index in [1.54, 1.807) is 11.8 Å². The number of para-hydroxylation sites is 1. The van der Waals surface area contributed by atoms with Gasteiger partial charge in [0, 0.05) is 56.0 Å². The van der Waals surface area contributed by atoms with Crippen LogP contribution in [0.1, 0.15) is 25.5 Å². The second-order valence-corrected chi connectivity index (χ2v) is 8.05. The maximum Gasteiger partial charge on any atom is 0.225 e. The van der Waals surface area contributed by atoms with Gasteiger partial charge in [0.15, 0.2) is 0 Å². The molecule has 0 spiro atoms. The van der Waals surface area contributed by atoms with Crippen molar-refractivity contribution in [3.63, 3.8) is 0 Å². The minimum Gasteiger partial charge on any atom is -0.391 e. The number of hydrogen-bond acceptors (Lipinski definition) is 4. The highest BCUT2D eigenvalue weighted by molar-refractivity contribution is 5.80. The first kappa shape index (κ1) is 18.9. The van der Waals surface area contributed by atoms with E-state index >= 15 is 0 Å². The van der Waals surface area contributed by atoms with Crippen LogP contribution in [-0.4, -0.2) is 64.0 Å². The number of aliphatic hydroxyl groups is 1. The van der Waals surface area contributed by atoms with E-state index in [0.717, 1.165) is 16.6 Å². The molecule has 3 heterocycles. The Kier molecular flexibility index (Phi) is 5.31. The van der Waals surface area contributed by atoms with Crippen molar-refractivity contribution in [3.8, 4) is 0 Å². The van der Waals surface area contributed by atoms with Crippen molar-refractivity contribution in [2.75, 3.05) is 26.2 Å². The van der Waals surface area contributed by atoms with E-state index in [1.165, 1.54) is 0 Å². The zero-order chi connectivity index (χ0) is 19.7. The second kappa shape index (κ2) is 7.87. The van der Waals surface area contributed by atoms with Crippen LogP contribution in [0.3, 0.4) is 0 Å². The number of pyridine rings is 1. The third kappa shape index (κ3) is 3.87. The molecular weight excluding hydrogens is 354 g/mol. The lowest BCUT2D eigenvalue weighted by Crippen LogP contribution is -2.43. The molecule has 0 aliphatic carbocycles. The number of carbonyl (C=O) groups is 2. The van der Waals surface area contributed by atoms with Crippen LogP contribution in [0.15, 0.2) is 36.4 Å². The lowest BCUT2D eigenvalue weighted by molar-refractivity contribution is -0.139. The predicted octanol–water partition coefficient (Wildman–Crippen LogP) is 1.86. The van der Waals surface area contributed by atoms with E-state index in [2.05, 4.69) is 6.07 Å². The molecule has 2 saturated heterocycles. The van der Waals surface area contributed by atoms with Gasteiger partial charge >= 0.3 is 0 Å². The Morgan fingerprint density at radius 1 is 1.07 bits per heavy atom. The van der Waals surface area contributed by atoms with Crippen molar-refractivity contribution in [2.45, 2.75) is 32.3 Å². The van der Waals surface area contributed by atoms with Gasteiger partial charge in [-0.3, -0.25) is 14.6 Å². The van der Waals surface area contributed by atoms with Gasteiger partial charge in [0.05, 0.1) is 11.6 Å². The minimum absolute atomic E-state index is 0.00919. The monoisotopic (exact) mass is 381 g/mol. The molecule has 2 unspecified atom stereocenters. The molecule has 6 nitrogen and oxygen atoms in total. The fourth-order valence-corrected chi connectivity index (χ4v) is 4.42. The average molecular weight is 381 g/mol. The average Bonchev–Trinajstić information content (AvgIpc) is 3.07. The summed E-state index contributed by atoms with van der Waals surface area (Å²) in [6.07, 6.45) is 1.57. The van der Waals surface area contributed by atoms with Crippen molar-refractivity contribution in [1.29, 1.82) is 0 Å². The van der Waals surface area contributed by atoms with Crippen molar-refractivity contribution >= 4 is 22.7 Å². The predicted molar refractivity (Wildman–Crippen MR) is 107 cm³/mol. The largest absolute Gasteiger partial charge is 0.391 e. The Balaban J connectivity index is 1.37. The van der Waals surface area contributed by atoms with Crippen LogP contribution in [0.4, 0.5) is 0 Å². The van der Waals surface area contributed by atoms with Gasteiger partial charge in [0.2, 0.25) is 11.8 Å². The molecule has 2 aliphatic rings. The van der Waals surface area contributed by atoms with Crippen LogP contribution >= 0.6 is 0 Å². The minimum atomic E-state index is -0.519. The van der Waals surface area contributed by atoms with Gasteiger partial charge in [-0.2, -0.15) is 0 Å². The number of hydrogen-bond donors (Lipinski definition) is 1. The van der Waals surface area contributed by atoms with Crippen molar-refractivity contribution < 1.29 is 14.7 Å². The lowest BCUT2D eigenvalue weighted by atomic mass is 9.95. The van der Waals surface area contributed by atoms with Crippen LogP contribution in [0.5, 0.6) is 0 Å². The topological polar surface area (TPSA) is 73.7 Å². The van der Waals surface area contributed by atoms with Crippen LogP contribution < -0.4 is 0 Å². The number of piperidine rings is 1. The molecule has 6 heteroatoms. The molecule has 2 aliphatic heterocycles. The van der Waals surface area contributed by atoms with Gasteiger partial charge in [-0.05, 0) is 31.4 Å². The highest BCUT2D eigenvalue weighted by atomic mass is 16.3. The summed E-state index contributed by atoms with van der Waals surface area (Å²) in [5.41, 5.74) is 1.91. The van der Waals surface area contributed by atoms with Gasteiger partial charge < -0.3 is 14.9 Å². The summed E-state index contributed by atoms with van der Waals surface area (Å²) < 4.78 is 0. The van der Waals surface area contributed by atoms with Crippen LogP contribution in [-0.2, 0) is 16.0 Å². The first-order chi connectivity index (χ1) is 13.5. The molecule has 0 radical (unpaired) electrons. The Morgan fingerprint density at radius 3 is 2.57 bits per heavy atom. The normalized spacial score (nSPS) is 23.4. The quantitative estimate of drug-likeness (QED) is 0.881. The van der Waals surface area contributed by atoms with E-state index in [-0.39, 0.29) is 23.7 Å². The Labute approximate surface area is 165 Å². The molecule has 2 atom stereocenters. The fraction of sp³-hybridized carbons (Fsp3) is 0.500. The van der Waals surface area contributed by atoms with Crippen molar-refractivity contribution in [3.05, 3.63) is 42.1 Å². The van der Waals surface area contributed by atoms with E-state index in [9.17, 15) is 14.7 Å². The van der Waals surface area contributed by atoms with E-state index in [1.807, 2.05) is 35.2 Å². The number of fused-ring (bicyclic) bond motifs is 1. The molecule has 2 fully saturated rings. The first-order valence-corrected chi connectivity index (χ1v) is 10.1. The van der Waals surface area contributed by atoms with Crippen LogP contribution in [0, 0.1) is 11.8 Å². The van der Waals surface area contributed by atoms with Crippen molar-refractivity contribution in [1.82, 2.24) is 14.8 Å². The molecule has 2 aromatic rings. The summed E-state index contributed by atoms with van der Waals surface area (Å²) in [7, 11) is 0. The summed E-state index contributed by atoms with van der Waals surface area (Å²) in [5.74, 6) is 0.164. The second-order valence-electron chi connectivity index (χ2n) is 8.05. The zero-order valence-electron chi connectivity index (χ0n) is 16.3. The molecule has 0 bridgehead atoms. The number of rotatable bonds is 3. The lowest BCUT2D eigenvalue weighted by Gasteiger charge is -2.32. The number of carbonyl (C=O) groups excluding carboxylic acids is 2. The summed E-state index contributed by atoms with van der Waals surface area (Å²) in [6, 6.07) is 12.1. The number of β-amino-alcohol motifs (C(OH)–C–C–N with tert-alkyl or cyclic N) is 1. The van der Waals surface area contributed by atoms with Crippen LogP contribution in [0.2, 0.25) is 0 Å². The van der Waals surface area contributed by atoms with Crippen LogP contribution in [0.25, 0.3) is 10.9 Å². The first-order valence-electron chi connectivity index (χ1n) is 10.1. The highest BCUT2D eigenvalue weighted by Gasteiger charge is 2.37. The maximum atomic E-state index is 12.9. The van der Waals surface area contributed by atoms with E-state index in [4.69, 9.17) is 4.98 Å². The molecule has 1 aromatic carbocycles. The molecule has 2 amide bonds. The molecule has 148 valence electrons. The van der Waals surface area contributed by atoms with Gasteiger partial charge in [-0.1, -0.05) is 24.3 Å². The molecular formula is C22H27N3O3. The number of aromatic nitrogens is 1. The number of benzene rings is 1. The van der Waals surface area contributed by atoms with Gasteiger partial charge in [0.1, 0.15) is 0 Å². The zero-order valence-corrected chi connectivity index (χ0v) is 16.3. The standard InChI is InChI=1S/C22H27N3O3/c1-15(26)24-10-8-17(9-11-24)22(28)25-13-18(21(27)14-25)12-19-7-6-16-4-2-3-5-20(16)23-19/h2-7,17-18,21,27H,8-14H2,1H3. The van der Waals surface area contributed by atoms with Gasteiger partial charge in [-0.15, -0.1) is 0 Å². The summed E-state index contributed by atoms with van der Waals surface area (Å²) in [6.45, 7) is 3.83. The summed E-state index contributed by atoms with van der Waals surface area (Å²) in [4.78, 5) is 32.7. The molecule has 4 rings (SSSR count). The fourth-order valence-electron chi connectivity index (χ4n) is 4.42.